The monoisotopic (exact) mass is 468 g/mol. The highest BCUT2D eigenvalue weighted by Crippen LogP contribution is 2.42. The maximum absolute atomic E-state index is 13.2. The highest BCUT2D eigenvalue weighted by molar-refractivity contribution is 8.16. The van der Waals surface area contributed by atoms with Crippen LogP contribution in [-0.2, 0) is 27.2 Å². The SMILES string of the molecule is Cc1ccc(CC(=O)N=C2S[C@@H]3CS(=O)(=O)C[C@H]3N2c2cccc(C(F)(F)F)c2)cc1. The highest BCUT2D eigenvalue weighted by Gasteiger charge is 2.49. The van der Waals surface area contributed by atoms with Gasteiger partial charge in [-0.15, -0.1) is 0 Å². The Kier molecular flexibility index (Phi) is 5.63. The van der Waals surface area contributed by atoms with Crippen molar-refractivity contribution >= 4 is 38.4 Å². The van der Waals surface area contributed by atoms with Gasteiger partial charge in [-0.3, -0.25) is 4.79 Å². The van der Waals surface area contributed by atoms with Crippen molar-refractivity contribution in [1.29, 1.82) is 0 Å². The number of benzene rings is 2. The van der Waals surface area contributed by atoms with Gasteiger partial charge in [0.1, 0.15) is 0 Å². The number of amidine groups is 1. The van der Waals surface area contributed by atoms with Crippen molar-refractivity contribution in [2.75, 3.05) is 16.4 Å². The number of sulfone groups is 1. The van der Waals surface area contributed by atoms with Crippen molar-refractivity contribution < 1.29 is 26.4 Å². The molecule has 2 heterocycles. The number of hydrogen-bond donors (Lipinski definition) is 0. The Morgan fingerprint density at radius 1 is 1.16 bits per heavy atom. The number of aliphatic imine (C=N–C) groups is 1. The number of hydrogen-bond acceptors (Lipinski definition) is 4. The zero-order chi connectivity index (χ0) is 22.4. The van der Waals surface area contributed by atoms with Crippen LogP contribution >= 0.6 is 11.8 Å². The summed E-state index contributed by atoms with van der Waals surface area (Å²) >= 11 is 1.14. The predicted molar refractivity (Wildman–Crippen MR) is 115 cm³/mol. The second-order valence-corrected chi connectivity index (χ2v) is 11.0. The molecule has 0 radical (unpaired) electrons. The van der Waals surface area contributed by atoms with E-state index < -0.39 is 33.5 Å². The van der Waals surface area contributed by atoms with Crippen LogP contribution in [0, 0.1) is 6.92 Å². The smallest absolute Gasteiger partial charge is 0.316 e. The number of aryl methyl sites for hydroxylation is 1. The van der Waals surface area contributed by atoms with Crippen LogP contribution in [0.4, 0.5) is 18.9 Å². The van der Waals surface area contributed by atoms with E-state index in [1.54, 1.807) is 0 Å². The zero-order valence-electron chi connectivity index (χ0n) is 16.5. The first-order valence-corrected chi connectivity index (χ1v) is 12.2. The number of halogens is 3. The third-order valence-electron chi connectivity index (χ3n) is 5.21. The summed E-state index contributed by atoms with van der Waals surface area (Å²) in [5.74, 6) is -0.721. The van der Waals surface area contributed by atoms with Crippen molar-refractivity contribution in [3.05, 3.63) is 65.2 Å². The molecule has 2 aliphatic rings. The number of amides is 1. The van der Waals surface area contributed by atoms with Gasteiger partial charge >= 0.3 is 6.18 Å². The van der Waals surface area contributed by atoms with E-state index in [0.29, 0.717) is 0 Å². The number of anilines is 1. The maximum Gasteiger partial charge on any atom is 0.416 e. The molecule has 164 valence electrons. The van der Waals surface area contributed by atoms with Gasteiger partial charge < -0.3 is 4.90 Å². The molecule has 2 aromatic rings. The van der Waals surface area contributed by atoms with Gasteiger partial charge in [-0.2, -0.15) is 18.2 Å². The molecule has 2 fully saturated rings. The number of nitrogens with zero attached hydrogens (tertiary/aromatic N) is 2. The maximum atomic E-state index is 13.2. The molecular formula is C21H19F3N2O3S2. The lowest BCUT2D eigenvalue weighted by atomic mass is 10.1. The average molecular weight is 469 g/mol. The summed E-state index contributed by atoms with van der Waals surface area (Å²) in [5, 5.41) is -0.146. The fourth-order valence-electron chi connectivity index (χ4n) is 3.73. The topological polar surface area (TPSA) is 66.8 Å². The normalized spacial score (nSPS) is 23.9. The first-order chi connectivity index (χ1) is 14.5. The summed E-state index contributed by atoms with van der Waals surface area (Å²) in [7, 11) is -3.31. The number of thioether (sulfide) groups is 1. The largest absolute Gasteiger partial charge is 0.416 e. The molecule has 5 nitrogen and oxygen atoms in total. The lowest BCUT2D eigenvalue weighted by molar-refractivity contribution is -0.137. The molecule has 0 spiro atoms. The molecule has 0 unspecified atom stereocenters. The van der Waals surface area contributed by atoms with Gasteiger partial charge in [0.2, 0.25) is 0 Å². The molecule has 0 saturated carbocycles. The van der Waals surface area contributed by atoms with Gasteiger partial charge in [0, 0.05) is 10.9 Å². The second-order valence-electron chi connectivity index (χ2n) is 7.67. The third kappa shape index (κ3) is 4.79. The van der Waals surface area contributed by atoms with Crippen LogP contribution in [0.3, 0.4) is 0 Å². The fourth-order valence-corrected chi connectivity index (χ4v) is 7.66. The van der Waals surface area contributed by atoms with E-state index >= 15 is 0 Å². The van der Waals surface area contributed by atoms with Crippen molar-refractivity contribution in [1.82, 2.24) is 0 Å². The Morgan fingerprint density at radius 3 is 2.55 bits per heavy atom. The Bertz CT molecular complexity index is 1150. The molecule has 1 amide bonds. The van der Waals surface area contributed by atoms with E-state index in [2.05, 4.69) is 4.99 Å². The van der Waals surface area contributed by atoms with Crippen LogP contribution in [0.1, 0.15) is 16.7 Å². The molecule has 0 N–H and O–H groups in total. The Labute approximate surface area is 182 Å². The predicted octanol–water partition coefficient (Wildman–Crippen LogP) is 3.86. The quantitative estimate of drug-likeness (QED) is 0.685. The summed E-state index contributed by atoms with van der Waals surface area (Å²) in [6.07, 6.45) is -4.49. The summed E-state index contributed by atoms with van der Waals surface area (Å²) in [5.41, 5.74) is 1.16. The Morgan fingerprint density at radius 2 is 1.87 bits per heavy atom. The lowest BCUT2D eigenvalue weighted by Gasteiger charge is -2.25. The van der Waals surface area contributed by atoms with Gasteiger partial charge in [0.25, 0.3) is 5.91 Å². The van der Waals surface area contributed by atoms with Crippen molar-refractivity contribution in [2.24, 2.45) is 4.99 Å². The molecule has 0 aliphatic carbocycles. The minimum absolute atomic E-state index is 0.0500. The van der Waals surface area contributed by atoms with E-state index in [0.717, 1.165) is 35.0 Å². The minimum atomic E-state index is -4.54. The number of carbonyl (C=O) groups is 1. The van der Waals surface area contributed by atoms with Crippen molar-refractivity contribution in [3.63, 3.8) is 0 Å². The molecule has 0 aromatic heterocycles. The molecule has 2 aromatic carbocycles. The summed E-state index contributed by atoms with van der Waals surface area (Å²) in [6.45, 7) is 1.93. The summed E-state index contributed by atoms with van der Waals surface area (Å²) in [4.78, 5) is 18.2. The van der Waals surface area contributed by atoms with E-state index in [4.69, 9.17) is 0 Å². The van der Waals surface area contributed by atoms with Crippen LogP contribution in [0.5, 0.6) is 0 Å². The van der Waals surface area contributed by atoms with Gasteiger partial charge in [-0.05, 0) is 30.7 Å². The van der Waals surface area contributed by atoms with Crippen LogP contribution in [0.2, 0.25) is 0 Å². The molecule has 4 rings (SSSR count). The van der Waals surface area contributed by atoms with Gasteiger partial charge in [0.15, 0.2) is 15.0 Å². The third-order valence-corrected chi connectivity index (χ3v) is 8.42. The molecule has 2 saturated heterocycles. The zero-order valence-corrected chi connectivity index (χ0v) is 18.1. The van der Waals surface area contributed by atoms with Crippen molar-refractivity contribution in [2.45, 2.75) is 30.8 Å². The molecule has 10 heteroatoms. The summed E-state index contributed by atoms with van der Waals surface area (Å²) < 4.78 is 63.9. The van der Waals surface area contributed by atoms with Crippen LogP contribution < -0.4 is 4.90 Å². The molecule has 2 aliphatic heterocycles. The Hall–Kier alpha value is -2.33. The lowest BCUT2D eigenvalue weighted by Crippen LogP contribution is -2.38. The first kappa shape index (κ1) is 21.9. The number of alkyl halides is 3. The van der Waals surface area contributed by atoms with Crippen molar-refractivity contribution in [3.8, 4) is 0 Å². The molecule has 31 heavy (non-hydrogen) atoms. The van der Waals surface area contributed by atoms with Gasteiger partial charge in [-0.1, -0.05) is 47.7 Å². The molecular weight excluding hydrogens is 449 g/mol. The van der Waals surface area contributed by atoms with Crippen LogP contribution in [-0.4, -0.2) is 42.3 Å². The van der Waals surface area contributed by atoms with Crippen LogP contribution in [0.25, 0.3) is 0 Å². The second kappa shape index (κ2) is 7.98. The van der Waals surface area contributed by atoms with E-state index in [9.17, 15) is 26.4 Å². The van der Waals surface area contributed by atoms with E-state index in [-0.39, 0.29) is 34.0 Å². The van der Waals surface area contributed by atoms with E-state index in [1.807, 2.05) is 31.2 Å². The highest BCUT2D eigenvalue weighted by atomic mass is 32.2. The fraction of sp³-hybridized carbons (Fsp3) is 0.333. The summed E-state index contributed by atoms with van der Waals surface area (Å²) in [6, 6.07) is 11.5. The van der Waals surface area contributed by atoms with Gasteiger partial charge in [-0.25, -0.2) is 8.42 Å². The number of carbonyl (C=O) groups excluding carboxylic acids is 1. The first-order valence-electron chi connectivity index (χ1n) is 9.52. The standard InChI is InChI=1S/C21H19F3N2O3S2/c1-13-5-7-14(8-6-13)9-19(27)25-20-26(17-11-31(28,29)12-18(17)30-20)16-4-2-3-15(10-16)21(22,23)24/h2-8,10,17-18H,9,11-12H2,1H3/t17-,18-/m1/s1. The van der Waals surface area contributed by atoms with Gasteiger partial charge in [0.05, 0.1) is 29.5 Å². The number of rotatable bonds is 3. The molecule has 2 atom stereocenters. The molecule has 0 bridgehead atoms. The Balaban J connectivity index is 1.67. The number of fused-ring (bicyclic) bond motifs is 1. The minimum Gasteiger partial charge on any atom is -0.316 e. The van der Waals surface area contributed by atoms with Crippen LogP contribution in [0.15, 0.2) is 53.5 Å². The average Bonchev–Trinajstić information content (AvgIpc) is 3.13. The van der Waals surface area contributed by atoms with E-state index in [1.165, 1.54) is 17.0 Å².